The van der Waals surface area contributed by atoms with Crippen molar-refractivity contribution in [3.05, 3.63) is 158 Å². The molecular weight excluding hydrogens is 796 g/mol. The van der Waals surface area contributed by atoms with Gasteiger partial charge in [0.1, 0.15) is 0 Å². The first-order chi connectivity index (χ1) is 30.6. The van der Waals surface area contributed by atoms with E-state index < -0.39 is 0 Å². The quantitative estimate of drug-likeness (QED) is 0.163. The van der Waals surface area contributed by atoms with Crippen molar-refractivity contribution in [2.45, 2.75) is 175 Å². The van der Waals surface area contributed by atoms with Gasteiger partial charge in [0.25, 0.3) is 6.71 Å². The summed E-state index contributed by atoms with van der Waals surface area (Å²) in [4.78, 5) is 5.44. The monoisotopic (exact) mass is 869 g/mol. The molecule has 0 atom stereocenters. The first-order valence-electron chi connectivity index (χ1n) is 25.1. The summed E-state index contributed by atoms with van der Waals surface area (Å²) >= 11 is 0. The highest BCUT2D eigenvalue weighted by atomic mass is 15.2. The van der Waals surface area contributed by atoms with Crippen LogP contribution in [0.2, 0.25) is 0 Å². The van der Waals surface area contributed by atoms with Gasteiger partial charge in [-0.1, -0.05) is 158 Å². The first kappa shape index (κ1) is 43.5. The summed E-state index contributed by atoms with van der Waals surface area (Å²) in [5.41, 5.74) is 28.1. The molecule has 2 aliphatic heterocycles. The van der Waals surface area contributed by atoms with Gasteiger partial charge in [-0.3, -0.25) is 0 Å². The standard InChI is InChI=1S/C63H73BN2/c1-37-25-54-56-55(26-37)66(51-32-46-43(28-39(51)3)58(6,7)35-61(46,12)13)53-33-47-44(59(8,9)36-62(47,14)15)30-49(53)64(56)48-24-23-41(63(16,17)40-21-19-18-20-22-40)29-52(48)65(54)50-31-45-42(27-38(50)2)57(4,5)34-60(45,10)11/h18-33H,34-36H2,1-17H3. The molecule has 0 N–H and O–H groups in total. The number of hydrogen-bond donors (Lipinski definition) is 0. The molecule has 11 rings (SSSR count). The molecule has 0 spiro atoms. The molecule has 2 nitrogen and oxygen atoms in total. The van der Waals surface area contributed by atoms with E-state index in [1.54, 1.807) is 0 Å². The van der Waals surface area contributed by atoms with Gasteiger partial charge in [0.15, 0.2) is 0 Å². The Kier molecular flexibility index (Phi) is 8.82. The minimum Gasteiger partial charge on any atom is -0.311 e. The van der Waals surface area contributed by atoms with Gasteiger partial charge in [0.2, 0.25) is 0 Å². The Morgan fingerprint density at radius 3 is 1.24 bits per heavy atom. The molecule has 0 bridgehead atoms. The minimum atomic E-state index is -0.204. The second-order valence-electron chi connectivity index (χ2n) is 26.2. The molecule has 6 aromatic carbocycles. The fourth-order valence-corrected chi connectivity index (χ4v) is 15.2. The number of anilines is 6. The summed E-state index contributed by atoms with van der Waals surface area (Å²) in [6, 6.07) is 39.4. The van der Waals surface area contributed by atoms with Crippen molar-refractivity contribution < 1.29 is 0 Å². The zero-order valence-corrected chi connectivity index (χ0v) is 43.3. The molecule has 0 aromatic heterocycles. The maximum atomic E-state index is 2.73. The maximum Gasteiger partial charge on any atom is 0.252 e. The molecule has 66 heavy (non-hydrogen) atoms. The van der Waals surface area contributed by atoms with Gasteiger partial charge < -0.3 is 9.80 Å². The van der Waals surface area contributed by atoms with Gasteiger partial charge in [-0.05, 0) is 187 Å². The molecule has 0 fully saturated rings. The maximum absolute atomic E-state index is 2.73. The van der Waals surface area contributed by atoms with Crippen LogP contribution < -0.4 is 26.2 Å². The van der Waals surface area contributed by atoms with Crippen molar-refractivity contribution in [3.8, 4) is 0 Å². The normalized spacial score (nSPS) is 20.3. The molecule has 0 saturated carbocycles. The second-order valence-corrected chi connectivity index (χ2v) is 26.2. The Morgan fingerprint density at radius 2 is 0.788 bits per heavy atom. The predicted octanol–water partition coefficient (Wildman–Crippen LogP) is 14.9. The number of aryl methyl sites for hydroxylation is 3. The van der Waals surface area contributed by atoms with Crippen molar-refractivity contribution >= 4 is 57.2 Å². The van der Waals surface area contributed by atoms with Crippen molar-refractivity contribution in [1.82, 2.24) is 0 Å². The Bertz CT molecular complexity index is 3080. The van der Waals surface area contributed by atoms with E-state index in [4.69, 9.17) is 0 Å². The van der Waals surface area contributed by atoms with E-state index in [1.807, 2.05) is 0 Å². The summed E-state index contributed by atoms with van der Waals surface area (Å²) < 4.78 is 0. The molecule has 3 heteroatoms. The average molecular weight is 869 g/mol. The van der Waals surface area contributed by atoms with Crippen molar-refractivity contribution in [3.63, 3.8) is 0 Å². The molecule has 0 saturated heterocycles. The van der Waals surface area contributed by atoms with Crippen LogP contribution in [0.4, 0.5) is 34.1 Å². The Morgan fingerprint density at radius 1 is 0.394 bits per heavy atom. The van der Waals surface area contributed by atoms with Crippen LogP contribution in [-0.2, 0) is 37.9 Å². The number of benzene rings is 6. The summed E-state index contributed by atoms with van der Waals surface area (Å²) in [5.74, 6) is 0. The van der Waals surface area contributed by atoms with Crippen LogP contribution in [0.3, 0.4) is 0 Å². The van der Waals surface area contributed by atoms with E-state index in [1.165, 1.54) is 112 Å². The van der Waals surface area contributed by atoms with Crippen molar-refractivity contribution in [1.29, 1.82) is 0 Å². The van der Waals surface area contributed by atoms with Crippen LogP contribution >= 0.6 is 0 Å². The molecule has 338 valence electrons. The molecule has 0 radical (unpaired) electrons. The minimum absolute atomic E-state index is 0.0574. The smallest absolute Gasteiger partial charge is 0.252 e. The van der Waals surface area contributed by atoms with E-state index in [0.29, 0.717) is 0 Å². The van der Waals surface area contributed by atoms with Gasteiger partial charge in [0.05, 0.1) is 0 Å². The van der Waals surface area contributed by atoms with Crippen LogP contribution in [0.5, 0.6) is 0 Å². The number of fused-ring (bicyclic) bond motifs is 7. The molecule has 2 heterocycles. The highest BCUT2D eigenvalue weighted by Gasteiger charge is 2.50. The fourth-order valence-electron chi connectivity index (χ4n) is 15.2. The lowest BCUT2D eigenvalue weighted by Crippen LogP contribution is -2.61. The average Bonchev–Trinajstić information content (AvgIpc) is 3.61. The van der Waals surface area contributed by atoms with Gasteiger partial charge in [-0.25, -0.2) is 0 Å². The lowest BCUT2D eigenvalue weighted by molar-refractivity contribution is 0.402. The summed E-state index contributed by atoms with van der Waals surface area (Å²) in [6.07, 6.45) is 3.42. The molecule has 5 aliphatic rings. The van der Waals surface area contributed by atoms with E-state index in [0.717, 1.165) is 19.3 Å². The second kappa shape index (κ2) is 13.4. The summed E-state index contributed by atoms with van der Waals surface area (Å²) in [7, 11) is 0. The number of rotatable bonds is 4. The van der Waals surface area contributed by atoms with Crippen LogP contribution in [0, 0.1) is 20.8 Å². The largest absolute Gasteiger partial charge is 0.311 e. The molecule has 0 unspecified atom stereocenters. The Balaban J connectivity index is 1.26. The zero-order valence-electron chi connectivity index (χ0n) is 43.3. The zero-order chi connectivity index (χ0) is 47.2. The molecule has 6 aromatic rings. The Labute approximate surface area is 398 Å². The SMILES string of the molecule is Cc1cc2c3c(c1)N(c1cc4c(cc1C)C(C)(C)CC4(C)C)c1cc4c(cc1B3c1ccc(C(C)(C)c3ccccc3)cc1N2c1cc2c(cc1C)C(C)(C)CC2(C)C)C(C)(C)CC4(C)C. The molecular formula is C63H73BN2. The molecule has 3 aliphatic carbocycles. The van der Waals surface area contributed by atoms with Gasteiger partial charge in [0, 0.05) is 39.5 Å². The third kappa shape index (κ3) is 5.99. The fraction of sp³-hybridized carbons (Fsp3) is 0.429. The van der Waals surface area contributed by atoms with Crippen LogP contribution in [0.25, 0.3) is 0 Å². The van der Waals surface area contributed by atoms with E-state index in [2.05, 4.69) is 225 Å². The molecule has 0 amide bonds. The topological polar surface area (TPSA) is 6.48 Å². The van der Waals surface area contributed by atoms with Crippen molar-refractivity contribution in [2.24, 2.45) is 0 Å². The highest BCUT2D eigenvalue weighted by Crippen LogP contribution is 2.57. The van der Waals surface area contributed by atoms with E-state index in [-0.39, 0.29) is 44.6 Å². The van der Waals surface area contributed by atoms with E-state index in [9.17, 15) is 0 Å². The summed E-state index contributed by atoms with van der Waals surface area (Å²) in [5, 5.41) is 0. The third-order valence-electron chi connectivity index (χ3n) is 17.7. The van der Waals surface area contributed by atoms with Gasteiger partial charge in [-0.15, -0.1) is 0 Å². The van der Waals surface area contributed by atoms with Crippen LogP contribution in [0.15, 0.2) is 97.1 Å². The van der Waals surface area contributed by atoms with Gasteiger partial charge >= 0.3 is 0 Å². The third-order valence-corrected chi connectivity index (χ3v) is 17.7. The number of hydrogen-bond acceptors (Lipinski definition) is 2. The lowest BCUT2D eigenvalue weighted by Gasteiger charge is -2.46. The lowest BCUT2D eigenvalue weighted by atomic mass is 9.33. The van der Waals surface area contributed by atoms with Crippen LogP contribution in [0.1, 0.15) is 177 Å². The van der Waals surface area contributed by atoms with Crippen molar-refractivity contribution in [2.75, 3.05) is 9.80 Å². The number of nitrogens with zero attached hydrogens (tertiary/aromatic N) is 2. The van der Waals surface area contributed by atoms with E-state index >= 15 is 0 Å². The highest BCUT2D eigenvalue weighted by molar-refractivity contribution is 7.00. The summed E-state index contributed by atoms with van der Waals surface area (Å²) in [6.45, 7) is 41.5. The van der Waals surface area contributed by atoms with Gasteiger partial charge in [-0.2, -0.15) is 0 Å². The Hall–Kier alpha value is -5.02. The first-order valence-corrected chi connectivity index (χ1v) is 25.1. The predicted molar refractivity (Wildman–Crippen MR) is 285 cm³/mol. The van der Waals surface area contributed by atoms with Crippen LogP contribution in [-0.4, -0.2) is 6.71 Å².